The fourth-order valence-corrected chi connectivity index (χ4v) is 2.67. The van der Waals surface area contributed by atoms with Crippen molar-refractivity contribution in [3.05, 3.63) is 16.1 Å². The van der Waals surface area contributed by atoms with Gasteiger partial charge >= 0.3 is 0 Å². The van der Waals surface area contributed by atoms with E-state index >= 15 is 0 Å². The number of hydrogen-bond acceptors (Lipinski definition) is 4. The molecule has 1 atom stereocenters. The first-order chi connectivity index (χ1) is 6.90. The summed E-state index contributed by atoms with van der Waals surface area (Å²) in [6.07, 6.45) is 3.84. The number of aromatic nitrogens is 1. The van der Waals surface area contributed by atoms with Gasteiger partial charge in [0.25, 0.3) is 0 Å². The first-order valence-electron chi connectivity index (χ1n) is 5.07. The van der Waals surface area contributed by atoms with Crippen LogP contribution in [0.3, 0.4) is 0 Å². The van der Waals surface area contributed by atoms with Crippen LogP contribution in [0.1, 0.15) is 36.0 Å². The van der Waals surface area contributed by atoms with E-state index in [1.54, 1.807) is 18.4 Å². The fourth-order valence-electron chi connectivity index (χ4n) is 1.76. The van der Waals surface area contributed by atoms with Gasteiger partial charge in [-0.15, -0.1) is 11.3 Å². The maximum Gasteiger partial charge on any atom is 0.110 e. The zero-order valence-corrected chi connectivity index (χ0v) is 9.27. The molecule has 78 valence electrons. The average Bonchev–Trinajstić information content (AvgIpc) is 2.68. The number of nitrogens with zero attached hydrogens (tertiary/aromatic N) is 1. The number of piperidine rings is 1. The Morgan fingerprint density at radius 1 is 1.64 bits per heavy atom. The Hall–Kier alpha value is -0.450. The van der Waals surface area contributed by atoms with Crippen LogP contribution in [-0.2, 0) is 11.3 Å². The Bertz CT molecular complexity index is 281. The molecular formula is C10H16N2OS. The molecule has 1 aliphatic heterocycles. The molecule has 3 nitrogen and oxygen atoms in total. The Morgan fingerprint density at radius 3 is 3.29 bits per heavy atom. The van der Waals surface area contributed by atoms with Crippen molar-refractivity contribution < 1.29 is 4.74 Å². The van der Waals surface area contributed by atoms with Crippen molar-refractivity contribution in [1.82, 2.24) is 10.3 Å². The molecule has 0 aliphatic carbocycles. The molecule has 1 aromatic heterocycles. The molecule has 14 heavy (non-hydrogen) atoms. The van der Waals surface area contributed by atoms with Gasteiger partial charge in [0.1, 0.15) is 5.01 Å². The molecule has 1 saturated heterocycles. The molecule has 1 aromatic rings. The van der Waals surface area contributed by atoms with E-state index in [1.165, 1.54) is 24.3 Å². The maximum absolute atomic E-state index is 5.05. The Morgan fingerprint density at radius 2 is 2.57 bits per heavy atom. The van der Waals surface area contributed by atoms with Crippen molar-refractivity contribution in [3.63, 3.8) is 0 Å². The van der Waals surface area contributed by atoms with Crippen LogP contribution < -0.4 is 5.32 Å². The molecule has 2 rings (SSSR count). The Kier molecular flexibility index (Phi) is 3.50. The van der Waals surface area contributed by atoms with Crippen molar-refractivity contribution in [2.24, 2.45) is 0 Å². The second kappa shape index (κ2) is 4.87. The number of thiazole rings is 1. The van der Waals surface area contributed by atoms with Crippen LogP contribution in [0.2, 0.25) is 0 Å². The highest BCUT2D eigenvalue weighted by molar-refractivity contribution is 7.09. The quantitative estimate of drug-likeness (QED) is 0.833. The van der Waals surface area contributed by atoms with Gasteiger partial charge in [0.15, 0.2) is 0 Å². The lowest BCUT2D eigenvalue weighted by atomic mass is 10.1. The van der Waals surface area contributed by atoms with E-state index in [1.807, 2.05) is 0 Å². The first kappa shape index (κ1) is 10.1. The van der Waals surface area contributed by atoms with Crippen LogP contribution in [0.15, 0.2) is 5.38 Å². The summed E-state index contributed by atoms with van der Waals surface area (Å²) in [5, 5.41) is 6.81. The van der Waals surface area contributed by atoms with Crippen molar-refractivity contribution in [3.8, 4) is 0 Å². The minimum absolute atomic E-state index is 0.486. The predicted molar refractivity (Wildman–Crippen MR) is 57.4 cm³/mol. The lowest BCUT2D eigenvalue weighted by Gasteiger charge is -2.21. The summed E-state index contributed by atoms with van der Waals surface area (Å²) in [4.78, 5) is 4.55. The number of rotatable bonds is 3. The molecule has 0 spiro atoms. The minimum Gasteiger partial charge on any atom is -0.378 e. The smallest absolute Gasteiger partial charge is 0.110 e. The number of nitrogens with one attached hydrogen (secondary N) is 1. The summed E-state index contributed by atoms with van der Waals surface area (Å²) in [6.45, 7) is 1.76. The van der Waals surface area contributed by atoms with Gasteiger partial charge in [-0.3, -0.25) is 0 Å². The van der Waals surface area contributed by atoms with E-state index in [2.05, 4.69) is 15.7 Å². The highest BCUT2D eigenvalue weighted by Crippen LogP contribution is 2.25. The SMILES string of the molecule is COCc1csc(C2CCCCN2)n1. The van der Waals surface area contributed by atoms with Crippen molar-refractivity contribution in [2.75, 3.05) is 13.7 Å². The highest BCUT2D eigenvalue weighted by Gasteiger charge is 2.17. The summed E-state index contributed by atoms with van der Waals surface area (Å²) in [5.74, 6) is 0. The molecule has 1 aliphatic rings. The fraction of sp³-hybridized carbons (Fsp3) is 0.700. The largest absolute Gasteiger partial charge is 0.378 e. The lowest BCUT2D eigenvalue weighted by Crippen LogP contribution is -2.26. The molecule has 0 radical (unpaired) electrons. The van der Waals surface area contributed by atoms with Gasteiger partial charge in [0, 0.05) is 12.5 Å². The molecule has 4 heteroatoms. The minimum atomic E-state index is 0.486. The molecule has 0 amide bonds. The van der Waals surface area contributed by atoms with Crippen molar-refractivity contribution in [1.29, 1.82) is 0 Å². The van der Waals surface area contributed by atoms with Gasteiger partial charge in [0.05, 0.1) is 18.3 Å². The van der Waals surface area contributed by atoms with E-state index in [-0.39, 0.29) is 0 Å². The molecule has 1 fully saturated rings. The predicted octanol–water partition coefficient (Wildman–Crippen LogP) is 2.10. The number of ether oxygens (including phenoxy) is 1. The van der Waals surface area contributed by atoms with E-state index in [4.69, 9.17) is 4.74 Å². The summed E-state index contributed by atoms with van der Waals surface area (Å²) < 4.78 is 5.05. The van der Waals surface area contributed by atoms with Gasteiger partial charge in [-0.25, -0.2) is 4.98 Å². The van der Waals surface area contributed by atoms with Crippen LogP contribution in [0, 0.1) is 0 Å². The second-order valence-corrected chi connectivity index (χ2v) is 4.50. The second-order valence-electron chi connectivity index (χ2n) is 3.61. The lowest BCUT2D eigenvalue weighted by molar-refractivity contribution is 0.181. The zero-order chi connectivity index (χ0) is 9.80. The van der Waals surface area contributed by atoms with E-state index in [0.717, 1.165) is 12.2 Å². The van der Waals surface area contributed by atoms with Crippen LogP contribution in [-0.4, -0.2) is 18.6 Å². The zero-order valence-electron chi connectivity index (χ0n) is 8.45. The molecule has 2 heterocycles. The summed E-state index contributed by atoms with van der Waals surface area (Å²) >= 11 is 1.74. The van der Waals surface area contributed by atoms with Crippen LogP contribution >= 0.6 is 11.3 Å². The number of hydrogen-bond donors (Lipinski definition) is 1. The summed E-state index contributed by atoms with van der Waals surface area (Å²) in [6, 6.07) is 0.486. The normalized spacial score (nSPS) is 22.5. The average molecular weight is 212 g/mol. The molecule has 0 aromatic carbocycles. The third-order valence-corrected chi connectivity index (χ3v) is 3.48. The first-order valence-corrected chi connectivity index (χ1v) is 5.94. The Balaban J connectivity index is 2.00. The summed E-state index contributed by atoms with van der Waals surface area (Å²) in [5.41, 5.74) is 1.06. The van der Waals surface area contributed by atoms with E-state index < -0.39 is 0 Å². The van der Waals surface area contributed by atoms with Gasteiger partial charge in [0.2, 0.25) is 0 Å². The van der Waals surface area contributed by atoms with Crippen LogP contribution in [0.4, 0.5) is 0 Å². The van der Waals surface area contributed by atoms with Gasteiger partial charge in [-0.05, 0) is 19.4 Å². The molecular weight excluding hydrogens is 196 g/mol. The van der Waals surface area contributed by atoms with Gasteiger partial charge < -0.3 is 10.1 Å². The summed E-state index contributed by atoms with van der Waals surface area (Å²) in [7, 11) is 1.71. The molecule has 1 N–H and O–H groups in total. The molecule has 0 bridgehead atoms. The van der Waals surface area contributed by atoms with Crippen molar-refractivity contribution in [2.45, 2.75) is 31.9 Å². The van der Waals surface area contributed by atoms with Gasteiger partial charge in [-0.1, -0.05) is 6.42 Å². The number of methoxy groups -OCH3 is 1. The molecule has 0 saturated carbocycles. The highest BCUT2D eigenvalue weighted by atomic mass is 32.1. The van der Waals surface area contributed by atoms with E-state index in [0.29, 0.717) is 12.6 Å². The Labute approximate surface area is 88.5 Å². The standard InChI is InChI=1S/C10H16N2OS/c1-13-6-8-7-14-10(12-8)9-4-2-3-5-11-9/h7,9,11H,2-6H2,1H3. The van der Waals surface area contributed by atoms with Crippen LogP contribution in [0.5, 0.6) is 0 Å². The topological polar surface area (TPSA) is 34.1 Å². The third kappa shape index (κ3) is 2.32. The van der Waals surface area contributed by atoms with E-state index in [9.17, 15) is 0 Å². The third-order valence-electron chi connectivity index (χ3n) is 2.47. The monoisotopic (exact) mass is 212 g/mol. The maximum atomic E-state index is 5.05. The molecule has 1 unspecified atom stereocenters. The van der Waals surface area contributed by atoms with Crippen LogP contribution in [0.25, 0.3) is 0 Å². The van der Waals surface area contributed by atoms with Gasteiger partial charge in [-0.2, -0.15) is 0 Å². The van der Waals surface area contributed by atoms with Crippen molar-refractivity contribution >= 4 is 11.3 Å².